The van der Waals surface area contributed by atoms with Crippen molar-refractivity contribution in [2.24, 2.45) is 0 Å². The number of esters is 1. The fourth-order valence-electron chi connectivity index (χ4n) is 2.23. The Morgan fingerprint density at radius 3 is 2.92 bits per heavy atom. The van der Waals surface area contributed by atoms with E-state index >= 15 is 0 Å². The van der Waals surface area contributed by atoms with Crippen molar-refractivity contribution in [3.8, 4) is 0 Å². The van der Waals surface area contributed by atoms with E-state index in [2.05, 4.69) is 4.98 Å². The molecule has 0 saturated carbocycles. The molecule has 3 aromatic rings. The average Bonchev–Trinajstić information content (AvgIpc) is 3.09. The van der Waals surface area contributed by atoms with Gasteiger partial charge in [0, 0.05) is 6.54 Å². The molecule has 0 bridgehead atoms. The minimum absolute atomic E-state index is 0.127. The molecule has 2 heterocycles. The van der Waals surface area contributed by atoms with Crippen LogP contribution in [-0.2, 0) is 16.1 Å². The molecule has 0 aliphatic carbocycles. The molecule has 0 atom stereocenters. The standard InChI is InChI=1S/C18H16N2O3S/c21-16(23-11-4-7-14-5-2-1-3-6-14)8-10-20-13-19-17-15(18(20)22)9-12-24-17/h1-7,9,12-13H,8,10-11H2/b7-4+. The first-order valence-electron chi connectivity index (χ1n) is 7.54. The number of carbonyl (C=O) groups is 1. The average molecular weight is 340 g/mol. The van der Waals surface area contributed by atoms with Crippen molar-refractivity contribution in [1.82, 2.24) is 9.55 Å². The first-order chi connectivity index (χ1) is 11.7. The number of rotatable bonds is 6. The summed E-state index contributed by atoms with van der Waals surface area (Å²) in [5, 5.41) is 2.41. The lowest BCUT2D eigenvalue weighted by molar-refractivity contribution is -0.142. The van der Waals surface area contributed by atoms with Crippen LogP contribution in [0.25, 0.3) is 16.3 Å². The number of carbonyl (C=O) groups excluding carboxylic acids is 1. The van der Waals surface area contributed by atoms with Gasteiger partial charge in [0.05, 0.1) is 18.1 Å². The van der Waals surface area contributed by atoms with Gasteiger partial charge in [0.25, 0.3) is 5.56 Å². The maximum Gasteiger partial charge on any atom is 0.307 e. The molecule has 0 saturated heterocycles. The van der Waals surface area contributed by atoms with Crippen LogP contribution in [0.1, 0.15) is 12.0 Å². The SMILES string of the molecule is O=C(CCn1cnc2sccc2c1=O)OC/C=C/c1ccccc1. The summed E-state index contributed by atoms with van der Waals surface area (Å²) in [4.78, 5) is 28.9. The molecule has 0 fully saturated rings. The van der Waals surface area contributed by atoms with Crippen LogP contribution in [0.4, 0.5) is 0 Å². The smallest absolute Gasteiger partial charge is 0.307 e. The molecule has 24 heavy (non-hydrogen) atoms. The van der Waals surface area contributed by atoms with Crippen molar-refractivity contribution in [2.75, 3.05) is 6.61 Å². The summed E-state index contributed by atoms with van der Waals surface area (Å²) in [6.07, 6.45) is 5.30. The van der Waals surface area contributed by atoms with E-state index in [1.807, 2.05) is 41.8 Å². The molecule has 0 aliphatic heterocycles. The maximum atomic E-state index is 12.2. The summed E-state index contributed by atoms with van der Waals surface area (Å²) >= 11 is 1.42. The van der Waals surface area contributed by atoms with E-state index < -0.39 is 0 Å². The van der Waals surface area contributed by atoms with Crippen LogP contribution in [0.2, 0.25) is 0 Å². The van der Waals surface area contributed by atoms with Gasteiger partial charge in [0.2, 0.25) is 0 Å². The number of aromatic nitrogens is 2. The first-order valence-corrected chi connectivity index (χ1v) is 8.42. The van der Waals surface area contributed by atoms with E-state index in [0.717, 1.165) is 5.56 Å². The third-order valence-corrected chi connectivity index (χ3v) is 4.28. The Kier molecular flexibility index (Phi) is 5.18. The summed E-state index contributed by atoms with van der Waals surface area (Å²) < 4.78 is 6.58. The van der Waals surface area contributed by atoms with Gasteiger partial charge in [-0.2, -0.15) is 0 Å². The van der Waals surface area contributed by atoms with Crippen molar-refractivity contribution >= 4 is 33.6 Å². The van der Waals surface area contributed by atoms with Crippen molar-refractivity contribution in [1.29, 1.82) is 0 Å². The van der Waals surface area contributed by atoms with Crippen molar-refractivity contribution in [3.63, 3.8) is 0 Å². The Bertz CT molecular complexity index is 913. The molecule has 3 rings (SSSR count). The van der Waals surface area contributed by atoms with E-state index in [9.17, 15) is 9.59 Å². The van der Waals surface area contributed by atoms with Crippen molar-refractivity contribution in [2.45, 2.75) is 13.0 Å². The van der Waals surface area contributed by atoms with Gasteiger partial charge in [-0.15, -0.1) is 11.3 Å². The number of hydrogen-bond acceptors (Lipinski definition) is 5. The second kappa shape index (κ2) is 7.70. The molecule has 0 radical (unpaired) electrons. The molecule has 0 aliphatic rings. The molecule has 0 amide bonds. The minimum atomic E-state index is -0.343. The van der Waals surface area contributed by atoms with Gasteiger partial charge in [0.15, 0.2) is 0 Å². The maximum absolute atomic E-state index is 12.2. The Hall–Kier alpha value is -2.73. The minimum Gasteiger partial charge on any atom is -0.461 e. The molecule has 122 valence electrons. The second-order valence-electron chi connectivity index (χ2n) is 5.13. The monoisotopic (exact) mass is 340 g/mol. The van der Waals surface area contributed by atoms with Crippen LogP contribution in [0.15, 0.2) is 59.0 Å². The molecule has 5 nitrogen and oxygen atoms in total. The number of nitrogens with zero attached hydrogens (tertiary/aromatic N) is 2. The zero-order chi connectivity index (χ0) is 16.8. The molecule has 1 aromatic carbocycles. The zero-order valence-corrected chi connectivity index (χ0v) is 13.7. The first kappa shape index (κ1) is 16.1. The number of ether oxygens (including phenoxy) is 1. The Labute approximate surface area is 142 Å². The van der Waals surface area contributed by atoms with Gasteiger partial charge in [-0.25, -0.2) is 4.98 Å². The summed E-state index contributed by atoms with van der Waals surface area (Å²) in [6.45, 7) is 0.475. The van der Waals surface area contributed by atoms with E-state index in [1.165, 1.54) is 22.2 Å². The van der Waals surface area contributed by atoms with E-state index in [4.69, 9.17) is 4.74 Å². The predicted molar refractivity (Wildman–Crippen MR) is 94.9 cm³/mol. The van der Waals surface area contributed by atoms with Crippen molar-refractivity contribution in [3.05, 3.63) is 70.1 Å². The van der Waals surface area contributed by atoms with Crippen LogP contribution in [-0.4, -0.2) is 22.1 Å². The molecule has 0 unspecified atom stereocenters. The summed E-state index contributed by atoms with van der Waals surface area (Å²) in [6, 6.07) is 11.5. The molecular weight excluding hydrogens is 324 g/mol. The molecular formula is C18H16N2O3S. The third kappa shape index (κ3) is 3.97. The fourth-order valence-corrected chi connectivity index (χ4v) is 2.95. The summed E-state index contributed by atoms with van der Waals surface area (Å²) in [5.74, 6) is -0.343. The Morgan fingerprint density at radius 1 is 1.25 bits per heavy atom. The molecule has 0 spiro atoms. The fraction of sp³-hybridized carbons (Fsp3) is 0.167. The van der Waals surface area contributed by atoms with E-state index in [1.54, 1.807) is 12.1 Å². The molecule has 6 heteroatoms. The van der Waals surface area contributed by atoms with Crippen LogP contribution in [0, 0.1) is 0 Å². The van der Waals surface area contributed by atoms with Crippen LogP contribution in [0.5, 0.6) is 0 Å². The van der Waals surface area contributed by atoms with Crippen LogP contribution >= 0.6 is 11.3 Å². The zero-order valence-electron chi connectivity index (χ0n) is 12.9. The largest absolute Gasteiger partial charge is 0.461 e. The highest BCUT2D eigenvalue weighted by Gasteiger charge is 2.07. The van der Waals surface area contributed by atoms with Gasteiger partial charge < -0.3 is 4.74 Å². The highest BCUT2D eigenvalue weighted by Crippen LogP contribution is 2.13. The lowest BCUT2D eigenvalue weighted by Gasteiger charge is -2.05. The quantitative estimate of drug-likeness (QED) is 0.647. The van der Waals surface area contributed by atoms with E-state index in [0.29, 0.717) is 10.2 Å². The Morgan fingerprint density at radius 2 is 2.08 bits per heavy atom. The highest BCUT2D eigenvalue weighted by molar-refractivity contribution is 7.16. The third-order valence-electron chi connectivity index (χ3n) is 3.46. The highest BCUT2D eigenvalue weighted by atomic mass is 32.1. The van der Waals surface area contributed by atoms with Crippen LogP contribution < -0.4 is 5.56 Å². The van der Waals surface area contributed by atoms with Gasteiger partial charge in [-0.05, 0) is 23.1 Å². The number of thiophene rings is 1. The number of fused-ring (bicyclic) bond motifs is 1. The topological polar surface area (TPSA) is 61.2 Å². The van der Waals surface area contributed by atoms with Crippen LogP contribution in [0.3, 0.4) is 0 Å². The predicted octanol–water partition coefficient (Wildman–Crippen LogP) is 3.10. The number of hydrogen-bond donors (Lipinski definition) is 0. The summed E-state index contributed by atoms with van der Waals surface area (Å²) in [5.41, 5.74) is 0.924. The molecule has 0 N–H and O–H groups in total. The normalized spacial score (nSPS) is 11.2. The van der Waals surface area contributed by atoms with Gasteiger partial charge in [-0.1, -0.05) is 36.4 Å². The van der Waals surface area contributed by atoms with E-state index in [-0.39, 0.29) is 31.1 Å². The second-order valence-corrected chi connectivity index (χ2v) is 6.02. The lowest BCUT2D eigenvalue weighted by Crippen LogP contribution is -2.21. The number of benzene rings is 1. The van der Waals surface area contributed by atoms with Crippen molar-refractivity contribution < 1.29 is 9.53 Å². The van der Waals surface area contributed by atoms with Gasteiger partial charge >= 0.3 is 5.97 Å². The summed E-state index contributed by atoms with van der Waals surface area (Å²) in [7, 11) is 0. The lowest BCUT2D eigenvalue weighted by atomic mass is 10.2. The Balaban J connectivity index is 1.49. The molecule has 2 aromatic heterocycles. The number of aryl methyl sites for hydroxylation is 1. The van der Waals surface area contributed by atoms with Gasteiger partial charge in [0.1, 0.15) is 11.4 Å². The van der Waals surface area contributed by atoms with Gasteiger partial charge in [-0.3, -0.25) is 14.2 Å².